The molecular weight excluding hydrogens is 286 g/mol. The minimum atomic E-state index is 0.453. The number of halogens is 1. The van der Waals surface area contributed by atoms with Gasteiger partial charge in [-0.1, -0.05) is 46.3 Å². The van der Waals surface area contributed by atoms with Crippen molar-refractivity contribution in [2.75, 3.05) is 5.32 Å². The zero-order valence-electron chi connectivity index (χ0n) is 10.4. The Kier molecular flexibility index (Phi) is 3.13. The van der Waals surface area contributed by atoms with Crippen molar-refractivity contribution in [3.63, 3.8) is 0 Å². The second-order valence-corrected chi connectivity index (χ2v) is 5.81. The summed E-state index contributed by atoms with van der Waals surface area (Å²) in [6.07, 6.45) is 2.37. The molecule has 2 heteroatoms. The molecule has 1 atom stereocenters. The van der Waals surface area contributed by atoms with Gasteiger partial charge < -0.3 is 5.32 Å². The molecule has 1 nitrogen and oxygen atoms in total. The highest BCUT2D eigenvalue weighted by atomic mass is 79.9. The number of fused-ring (bicyclic) bond motifs is 1. The van der Waals surface area contributed by atoms with E-state index >= 15 is 0 Å². The van der Waals surface area contributed by atoms with Crippen molar-refractivity contribution in [1.82, 2.24) is 0 Å². The van der Waals surface area contributed by atoms with Crippen LogP contribution in [0, 0.1) is 6.92 Å². The number of anilines is 1. The molecule has 1 unspecified atom stereocenters. The maximum absolute atomic E-state index is 3.68. The van der Waals surface area contributed by atoms with Gasteiger partial charge in [0.25, 0.3) is 0 Å². The fraction of sp³-hybridized carbons (Fsp3) is 0.250. The summed E-state index contributed by atoms with van der Waals surface area (Å²) in [5, 5.41) is 3.68. The fourth-order valence-electron chi connectivity index (χ4n) is 2.64. The van der Waals surface area contributed by atoms with Crippen molar-refractivity contribution in [3.8, 4) is 0 Å². The normalized spacial score (nSPS) is 17.6. The predicted molar refractivity (Wildman–Crippen MR) is 80.0 cm³/mol. The van der Waals surface area contributed by atoms with E-state index in [1.807, 2.05) is 0 Å². The lowest BCUT2D eigenvalue weighted by Crippen LogP contribution is -2.08. The molecule has 2 aromatic rings. The molecule has 2 aromatic carbocycles. The summed E-state index contributed by atoms with van der Waals surface area (Å²) < 4.78 is 1.13. The summed E-state index contributed by atoms with van der Waals surface area (Å²) in [6, 6.07) is 15.6. The molecule has 3 rings (SSSR count). The van der Waals surface area contributed by atoms with Crippen LogP contribution in [0.15, 0.2) is 46.9 Å². The molecule has 0 spiro atoms. The molecule has 92 valence electrons. The molecule has 0 saturated heterocycles. The molecule has 0 amide bonds. The van der Waals surface area contributed by atoms with Crippen molar-refractivity contribution < 1.29 is 0 Å². The highest BCUT2D eigenvalue weighted by Gasteiger charge is 2.21. The first-order valence-electron chi connectivity index (χ1n) is 6.34. The lowest BCUT2D eigenvalue weighted by atomic mass is 10.1. The number of aryl methyl sites for hydroxylation is 2. The molecule has 1 N–H and O–H groups in total. The van der Waals surface area contributed by atoms with Crippen molar-refractivity contribution >= 4 is 21.6 Å². The van der Waals surface area contributed by atoms with Gasteiger partial charge in [-0.15, -0.1) is 0 Å². The van der Waals surface area contributed by atoms with Crippen LogP contribution in [0.25, 0.3) is 0 Å². The third-order valence-corrected chi connectivity index (χ3v) is 4.16. The van der Waals surface area contributed by atoms with Crippen LogP contribution in [0.1, 0.15) is 29.2 Å². The molecule has 1 aliphatic rings. The topological polar surface area (TPSA) is 12.0 Å². The smallest absolute Gasteiger partial charge is 0.0519 e. The maximum atomic E-state index is 3.68. The van der Waals surface area contributed by atoms with E-state index in [0.717, 1.165) is 4.47 Å². The van der Waals surface area contributed by atoms with Crippen LogP contribution in [0.2, 0.25) is 0 Å². The van der Waals surface area contributed by atoms with Crippen LogP contribution >= 0.6 is 15.9 Å². The molecule has 0 radical (unpaired) electrons. The summed E-state index contributed by atoms with van der Waals surface area (Å²) in [4.78, 5) is 0. The quantitative estimate of drug-likeness (QED) is 0.835. The van der Waals surface area contributed by atoms with E-state index in [2.05, 4.69) is 70.6 Å². The maximum Gasteiger partial charge on any atom is 0.0519 e. The van der Waals surface area contributed by atoms with E-state index in [1.165, 1.54) is 35.2 Å². The SMILES string of the molecule is Cc1ccc(Br)cc1NC1CCc2ccccc21. The minimum absolute atomic E-state index is 0.453. The summed E-state index contributed by atoms with van der Waals surface area (Å²) in [5.41, 5.74) is 5.47. The van der Waals surface area contributed by atoms with Crippen molar-refractivity contribution in [1.29, 1.82) is 0 Å². The highest BCUT2D eigenvalue weighted by Crippen LogP contribution is 2.34. The average Bonchev–Trinajstić information content (AvgIpc) is 2.78. The Bertz CT molecular complexity index is 577. The van der Waals surface area contributed by atoms with Crippen LogP contribution in [0.5, 0.6) is 0 Å². The zero-order chi connectivity index (χ0) is 12.5. The summed E-state index contributed by atoms with van der Waals surface area (Å²) in [7, 11) is 0. The summed E-state index contributed by atoms with van der Waals surface area (Å²) >= 11 is 3.54. The van der Waals surface area contributed by atoms with E-state index in [1.54, 1.807) is 0 Å². The number of hydrogen-bond acceptors (Lipinski definition) is 1. The van der Waals surface area contributed by atoms with Gasteiger partial charge in [-0.3, -0.25) is 0 Å². The predicted octanol–water partition coefficient (Wildman–Crippen LogP) is 4.86. The zero-order valence-corrected chi connectivity index (χ0v) is 12.0. The molecule has 18 heavy (non-hydrogen) atoms. The van der Waals surface area contributed by atoms with Crippen LogP contribution in [-0.4, -0.2) is 0 Å². The Morgan fingerprint density at radius 1 is 1.17 bits per heavy atom. The third-order valence-electron chi connectivity index (χ3n) is 3.66. The number of hydrogen-bond donors (Lipinski definition) is 1. The molecule has 0 heterocycles. The Morgan fingerprint density at radius 2 is 2.00 bits per heavy atom. The fourth-order valence-corrected chi connectivity index (χ4v) is 3.01. The Balaban J connectivity index is 1.88. The van der Waals surface area contributed by atoms with E-state index < -0.39 is 0 Å². The monoisotopic (exact) mass is 301 g/mol. The van der Waals surface area contributed by atoms with Gasteiger partial charge in [0.15, 0.2) is 0 Å². The molecule has 0 aromatic heterocycles. The Morgan fingerprint density at radius 3 is 2.89 bits per heavy atom. The second-order valence-electron chi connectivity index (χ2n) is 4.89. The van der Waals surface area contributed by atoms with Crippen LogP contribution in [-0.2, 0) is 6.42 Å². The van der Waals surface area contributed by atoms with Gasteiger partial charge in [-0.25, -0.2) is 0 Å². The largest absolute Gasteiger partial charge is 0.378 e. The van der Waals surface area contributed by atoms with Crippen molar-refractivity contribution in [3.05, 3.63) is 63.6 Å². The lowest BCUT2D eigenvalue weighted by molar-refractivity contribution is 0.761. The van der Waals surface area contributed by atoms with Gasteiger partial charge in [0.1, 0.15) is 0 Å². The highest BCUT2D eigenvalue weighted by molar-refractivity contribution is 9.10. The average molecular weight is 302 g/mol. The number of rotatable bonds is 2. The van der Waals surface area contributed by atoms with Gasteiger partial charge in [0, 0.05) is 10.2 Å². The minimum Gasteiger partial charge on any atom is -0.378 e. The van der Waals surface area contributed by atoms with E-state index in [-0.39, 0.29) is 0 Å². The first-order valence-corrected chi connectivity index (χ1v) is 7.14. The van der Waals surface area contributed by atoms with Gasteiger partial charge in [0.2, 0.25) is 0 Å². The number of benzene rings is 2. The molecule has 1 aliphatic carbocycles. The summed E-state index contributed by atoms with van der Waals surface area (Å²) in [6.45, 7) is 2.15. The van der Waals surface area contributed by atoms with Crippen LogP contribution in [0.3, 0.4) is 0 Å². The van der Waals surface area contributed by atoms with Crippen LogP contribution < -0.4 is 5.32 Å². The molecular formula is C16H16BrN. The van der Waals surface area contributed by atoms with Crippen molar-refractivity contribution in [2.45, 2.75) is 25.8 Å². The van der Waals surface area contributed by atoms with Gasteiger partial charge in [-0.05, 0) is 48.6 Å². The number of nitrogens with one attached hydrogen (secondary N) is 1. The van der Waals surface area contributed by atoms with Gasteiger partial charge >= 0.3 is 0 Å². The van der Waals surface area contributed by atoms with E-state index in [9.17, 15) is 0 Å². The van der Waals surface area contributed by atoms with Gasteiger partial charge in [0.05, 0.1) is 6.04 Å². The first kappa shape index (κ1) is 11.8. The molecule has 0 fully saturated rings. The lowest BCUT2D eigenvalue weighted by Gasteiger charge is -2.17. The molecule has 0 bridgehead atoms. The van der Waals surface area contributed by atoms with E-state index in [0.29, 0.717) is 6.04 Å². The van der Waals surface area contributed by atoms with Gasteiger partial charge in [-0.2, -0.15) is 0 Å². The van der Waals surface area contributed by atoms with E-state index in [4.69, 9.17) is 0 Å². The Hall–Kier alpha value is -1.28. The first-order chi connectivity index (χ1) is 8.74. The summed E-state index contributed by atoms with van der Waals surface area (Å²) in [5.74, 6) is 0. The third kappa shape index (κ3) is 2.17. The second kappa shape index (κ2) is 4.77. The molecule has 0 aliphatic heterocycles. The van der Waals surface area contributed by atoms with Crippen molar-refractivity contribution in [2.24, 2.45) is 0 Å². The standard InChI is InChI=1S/C16H16BrN/c1-11-6-8-13(17)10-16(11)18-15-9-7-12-4-2-3-5-14(12)15/h2-6,8,10,15,18H,7,9H2,1H3. The Labute approximate surface area is 116 Å². The van der Waals surface area contributed by atoms with Crippen LogP contribution in [0.4, 0.5) is 5.69 Å². The molecule has 0 saturated carbocycles.